The monoisotopic (exact) mass is 422 g/mol. The topological polar surface area (TPSA) is 88.3 Å². The van der Waals surface area contributed by atoms with Gasteiger partial charge >= 0.3 is 0 Å². The van der Waals surface area contributed by atoms with Crippen LogP contribution in [0, 0.1) is 0 Å². The molecule has 4 rings (SSSR count). The normalized spacial score (nSPS) is 18.2. The minimum absolute atomic E-state index is 0.0537. The van der Waals surface area contributed by atoms with Crippen LogP contribution in [0.3, 0.4) is 0 Å². The first kappa shape index (κ1) is 19.8. The van der Waals surface area contributed by atoms with Crippen LogP contribution in [0.2, 0.25) is 5.15 Å². The van der Waals surface area contributed by atoms with Crippen LogP contribution in [0.4, 0.5) is 0 Å². The number of aliphatic hydroxyl groups is 1. The van der Waals surface area contributed by atoms with Crippen LogP contribution in [0.25, 0.3) is 5.76 Å². The van der Waals surface area contributed by atoms with Crippen molar-refractivity contribution in [3.05, 3.63) is 89.2 Å². The van der Waals surface area contributed by atoms with E-state index < -0.39 is 17.7 Å². The van der Waals surface area contributed by atoms with Gasteiger partial charge in [0, 0.05) is 37.2 Å². The largest absolute Gasteiger partial charge is 0.507 e. The first-order valence-electron chi connectivity index (χ1n) is 9.47. The minimum Gasteiger partial charge on any atom is -0.507 e. The molecule has 7 nitrogen and oxygen atoms in total. The molecule has 1 aliphatic heterocycles. The number of aryl methyl sites for hydroxylation is 1. The van der Waals surface area contributed by atoms with Gasteiger partial charge in [-0.3, -0.25) is 9.59 Å². The summed E-state index contributed by atoms with van der Waals surface area (Å²) in [5.74, 6) is -1.55. The van der Waals surface area contributed by atoms with E-state index in [1.165, 1.54) is 11.1 Å². The number of rotatable bonds is 6. The highest BCUT2D eigenvalue weighted by Gasteiger charge is 2.45. The van der Waals surface area contributed by atoms with E-state index in [0.29, 0.717) is 35.8 Å². The van der Waals surface area contributed by atoms with Crippen LogP contribution < -0.4 is 0 Å². The number of aliphatic hydroxyl groups excluding tert-OH is 1. The molecule has 1 amide bonds. The van der Waals surface area contributed by atoms with E-state index in [0.717, 1.165) is 0 Å². The van der Waals surface area contributed by atoms with Gasteiger partial charge in [-0.25, -0.2) is 9.97 Å². The number of Topliss-reactive ketones (excluding diaryl/α,β-unsaturated/α-hetero) is 1. The molecule has 0 saturated carbocycles. The lowest BCUT2D eigenvalue weighted by Crippen LogP contribution is -2.31. The van der Waals surface area contributed by atoms with Gasteiger partial charge in [-0.2, -0.15) is 0 Å². The number of halogens is 1. The molecule has 0 aliphatic carbocycles. The number of pyridine rings is 1. The number of aromatic nitrogens is 3. The van der Waals surface area contributed by atoms with Gasteiger partial charge < -0.3 is 14.6 Å². The van der Waals surface area contributed by atoms with Crippen molar-refractivity contribution in [2.75, 3.05) is 6.54 Å². The first-order valence-corrected chi connectivity index (χ1v) is 9.85. The molecule has 1 N–H and O–H groups in total. The molecule has 1 atom stereocenters. The zero-order chi connectivity index (χ0) is 21.1. The minimum atomic E-state index is -0.738. The molecule has 8 heteroatoms. The first-order chi connectivity index (χ1) is 14.6. The van der Waals surface area contributed by atoms with Gasteiger partial charge in [-0.1, -0.05) is 48.0 Å². The van der Waals surface area contributed by atoms with Gasteiger partial charge in [-0.15, -0.1) is 0 Å². The molecule has 3 heterocycles. The lowest BCUT2D eigenvalue weighted by atomic mass is 9.96. The summed E-state index contributed by atoms with van der Waals surface area (Å²) >= 11 is 5.92. The van der Waals surface area contributed by atoms with Crippen LogP contribution in [0.5, 0.6) is 0 Å². The van der Waals surface area contributed by atoms with Crippen LogP contribution >= 0.6 is 11.6 Å². The van der Waals surface area contributed by atoms with Crippen LogP contribution in [0.1, 0.15) is 23.6 Å². The summed E-state index contributed by atoms with van der Waals surface area (Å²) in [6, 6.07) is 11.3. The van der Waals surface area contributed by atoms with Crippen molar-refractivity contribution in [1.29, 1.82) is 0 Å². The summed E-state index contributed by atoms with van der Waals surface area (Å²) in [7, 11) is 0. The number of likely N-dealkylation sites (tertiary alicyclic amines) is 1. The Balaban J connectivity index is 1.72. The van der Waals surface area contributed by atoms with Gasteiger partial charge in [0.25, 0.3) is 11.7 Å². The second-order valence-corrected chi connectivity index (χ2v) is 7.31. The Morgan fingerprint density at radius 1 is 1.10 bits per heavy atom. The molecule has 0 bridgehead atoms. The number of benzene rings is 1. The molecule has 0 spiro atoms. The van der Waals surface area contributed by atoms with E-state index in [4.69, 9.17) is 11.6 Å². The van der Waals surface area contributed by atoms with Gasteiger partial charge in [0.15, 0.2) is 0 Å². The molecule has 0 radical (unpaired) electrons. The quantitative estimate of drug-likeness (QED) is 0.284. The van der Waals surface area contributed by atoms with Crippen molar-refractivity contribution in [2.45, 2.75) is 19.0 Å². The standard InChI is InChI=1S/C22H19ClN4O3/c23-17-8-7-16(13-25-17)19-18(20(28)15-5-2-1-3-6-15)21(29)22(30)27(19)11-4-10-26-12-9-24-14-26/h1-3,5-9,12-14,19,28H,4,10-11H2/t19-/m0/s1. The van der Waals surface area contributed by atoms with Gasteiger partial charge in [0.1, 0.15) is 10.9 Å². The molecule has 2 aromatic heterocycles. The second kappa shape index (κ2) is 8.51. The maximum absolute atomic E-state index is 12.9. The number of hydrogen-bond acceptors (Lipinski definition) is 5. The van der Waals surface area contributed by atoms with E-state index in [2.05, 4.69) is 9.97 Å². The smallest absolute Gasteiger partial charge is 0.295 e. The number of amides is 1. The molecule has 1 saturated heterocycles. The highest BCUT2D eigenvalue weighted by atomic mass is 35.5. The van der Waals surface area contributed by atoms with Crippen molar-refractivity contribution < 1.29 is 14.7 Å². The van der Waals surface area contributed by atoms with Crippen LogP contribution in [-0.4, -0.2) is 42.8 Å². The Bertz CT molecular complexity index is 1080. The predicted octanol–water partition coefficient (Wildman–Crippen LogP) is 3.44. The SMILES string of the molecule is O=C1C(=O)N(CCCn2ccnc2)[C@@H](c2ccc(Cl)nc2)C1=C(O)c1ccccc1. The maximum Gasteiger partial charge on any atom is 0.295 e. The fraction of sp³-hybridized carbons (Fsp3) is 0.182. The summed E-state index contributed by atoms with van der Waals surface area (Å²) in [6.45, 7) is 0.981. The molecule has 30 heavy (non-hydrogen) atoms. The Hall–Kier alpha value is -3.45. The zero-order valence-corrected chi connectivity index (χ0v) is 16.7. The summed E-state index contributed by atoms with van der Waals surface area (Å²) in [6.07, 6.45) is 7.37. The molecule has 0 unspecified atom stereocenters. The Labute approximate surface area is 178 Å². The molecule has 1 fully saturated rings. The van der Waals surface area contributed by atoms with Crippen LogP contribution in [0.15, 0.2) is 73.0 Å². The third-order valence-electron chi connectivity index (χ3n) is 5.03. The van der Waals surface area contributed by atoms with Crippen LogP contribution in [-0.2, 0) is 16.1 Å². The summed E-state index contributed by atoms with van der Waals surface area (Å²) in [5, 5.41) is 11.2. The van der Waals surface area contributed by atoms with E-state index in [1.54, 1.807) is 48.9 Å². The van der Waals surface area contributed by atoms with Gasteiger partial charge in [-0.05, 0) is 18.1 Å². The predicted molar refractivity (Wildman–Crippen MR) is 112 cm³/mol. The highest BCUT2D eigenvalue weighted by Crippen LogP contribution is 2.39. The van der Waals surface area contributed by atoms with E-state index >= 15 is 0 Å². The Morgan fingerprint density at radius 2 is 1.90 bits per heavy atom. The van der Waals surface area contributed by atoms with Gasteiger partial charge in [0.2, 0.25) is 0 Å². The number of carbonyl (C=O) groups excluding carboxylic acids is 2. The third-order valence-corrected chi connectivity index (χ3v) is 5.25. The zero-order valence-electron chi connectivity index (χ0n) is 16.0. The molecule has 3 aromatic rings. The van der Waals surface area contributed by atoms with Crippen molar-refractivity contribution in [1.82, 2.24) is 19.4 Å². The van der Waals surface area contributed by atoms with Crippen molar-refractivity contribution in [3.63, 3.8) is 0 Å². The van der Waals surface area contributed by atoms with Crippen molar-refractivity contribution in [2.24, 2.45) is 0 Å². The van der Waals surface area contributed by atoms with Crippen molar-refractivity contribution in [3.8, 4) is 0 Å². The maximum atomic E-state index is 12.9. The summed E-state index contributed by atoms with van der Waals surface area (Å²) in [4.78, 5) is 35.3. The van der Waals surface area contributed by atoms with E-state index in [1.807, 2.05) is 16.8 Å². The average Bonchev–Trinajstić information content (AvgIpc) is 3.37. The highest BCUT2D eigenvalue weighted by molar-refractivity contribution is 6.46. The Morgan fingerprint density at radius 3 is 2.57 bits per heavy atom. The fourth-order valence-electron chi connectivity index (χ4n) is 3.60. The summed E-state index contributed by atoms with van der Waals surface area (Å²) in [5.41, 5.74) is 1.14. The number of imidazole rings is 1. The van der Waals surface area contributed by atoms with E-state index in [-0.39, 0.29) is 11.3 Å². The number of hydrogen-bond donors (Lipinski definition) is 1. The number of ketones is 1. The lowest BCUT2D eigenvalue weighted by Gasteiger charge is -2.25. The molecular weight excluding hydrogens is 404 g/mol. The van der Waals surface area contributed by atoms with Gasteiger partial charge in [0.05, 0.1) is 17.9 Å². The third kappa shape index (κ3) is 3.84. The molecular formula is C22H19ClN4O3. The molecule has 1 aliphatic rings. The van der Waals surface area contributed by atoms with E-state index in [9.17, 15) is 14.7 Å². The molecule has 152 valence electrons. The second-order valence-electron chi connectivity index (χ2n) is 6.93. The number of carbonyl (C=O) groups is 2. The Kier molecular flexibility index (Phi) is 5.63. The van der Waals surface area contributed by atoms with Crippen molar-refractivity contribution >= 4 is 29.1 Å². The lowest BCUT2D eigenvalue weighted by molar-refractivity contribution is -0.139. The molecule has 1 aromatic carbocycles. The number of nitrogens with zero attached hydrogens (tertiary/aromatic N) is 4. The fourth-order valence-corrected chi connectivity index (χ4v) is 3.71. The summed E-state index contributed by atoms with van der Waals surface area (Å²) < 4.78 is 1.90. The average molecular weight is 423 g/mol.